The van der Waals surface area contributed by atoms with Gasteiger partial charge < -0.3 is 9.84 Å². The molecule has 0 saturated heterocycles. The van der Waals surface area contributed by atoms with Crippen LogP contribution in [0.5, 0.6) is 0 Å². The van der Waals surface area contributed by atoms with Crippen LogP contribution in [0.15, 0.2) is 42.5 Å². The number of benzene rings is 1. The summed E-state index contributed by atoms with van der Waals surface area (Å²) in [5, 5.41) is 9.54. The molecule has 0 amide bonds. The fourth-order valence-electron chi connectivity index (χ4n) is 1.75. The zero-order chi connectivity index (χ0) is 10.5. The fourth-order valence-corrected chi connectivity index (χ4v) is 1.75. The largest absolute Gasteiger partial charge is 0.392 e. The van der Waals surface area contributed by atoms with Crippen molar-refractivity contribution in [2.24, 2.45) is 5.92 Å². The van der Waals surface area contributed by atoms with E-state index in [0.717, 1.165) is 6.42 Å². The van der Waals surface area contributed by atoms with E-state index < -0.39 is 0 Å². The molecule has 0 heterocycles. The Hall–Kier alpha value is -1.12. The van der Waals surface area contributed by atoms with Gasteiger partial charge in [0.15, 0.2) is 0 Å². The molecule has 0 spiro atoms. The highest BCUT2D eigenvalue weighted by Crippen LogP contribution is 2.18. The second-order valence-electron chi connectivity index (χ2n) is 3.90. The van der Waals surface area contributed by atoms with Gasteiger partial charge in [-0.1, -0.05) is 42.5 Å². The van der Waals surface area contributed by atoms with E-state index in [0.29, 0.717) is 13.2 Å². The molecule has 1 N–H and O–H groups in total. The van der Waals surface area contributed by atoms with E-state index in [4.69, 9.17) is 4.74 Å². The summed E-state index contributed by atoms with van der Waals surface area (Å²) in [7, 11) is 0. The Kier molecular flexibility index (Phi) is 3.54. The predicted octanol–water partition coefficient (Wildman–Crippen LogP) is 2.14. The Morgan fingerprint density at radius 2 is 2.07 bits per heavy atom. The van der Waals surface area contributed by atoms with Crippen LogP contribution in [0.2, 0.25) is 0 Å². The van der Waals surface area contributed by atoms with Gasteiger partial charge in [-0.05, 0) is 12.0 Å². The van der Waals surface area contributed by atoms with Gasteiger partial charge in [-0.25, -0.2) is 0 Å². The highest BCUT2D eigenvalue weighted by atomic mass is 16.5. The number of rotatable bonds is 4. The van der Waals surface area contributed by atoms with Gasteiger partial charge in [-0.2, -0.15) is 0 Å². The minimum Gasteiger partial charge on any atom is -0.392 e. The zero-order valence-electron chi connectivity index (χ0n) is 8.67. The lowest BCUT2D eigenvalue weighted by Gasteiger charge is -2.13. The van der Waals surface area contributed by atoms with Crippen LogP contribution in [0.3, 0.4) is 0 Å². The molecular weight excluding hydrogens is 188 g/mol. The van der Waals surface area contributed by atoms with Crippen molar-refractivity contribution in [1.82, 2.24) is 0 Å². The second kappa shape index (κ2) is 5.10. The minimum atomic E-state index is -0.249. The van der Waals surface area contributed by atoms with Crippen molar-refractivity contribution in [2.75, 3.05) is 6.61 Å². The van der Waals surface area contributed by atoms with E-state index in [1.807, 2.05) is 42.5 Å². The second-order valence-corrected chi connectivity index (χ2v) is 3.90. The van der Waals surface area contributed by atoms with Gasteiger partial charge in [-0.3, -0.25) is 0 Å². The monoisotopic (exact) mass is 204 g/mol. The molecule has 2 nitrogen and oxygen atoms in total. The first-order valence-electron chi connectivity index (χ1n) is 5.32. The Morgan fingerprint density at radius 3 is 2.73 bits per heavy atom. The van der Waals surface area contributed by atoms with Crippen molar-refractivity contribution in [3.63, 3.8) is 0 Å². The van der Waals surface area contributed by atoms with Gasteiger partial charge >= 0.3 is 0 Å². The number of ether oxygens (including phenoxy) is 1. The molecular formula is C13H16O2. The van der Waals surface area contributed by atoms with Crippen LogP contribution in [0.4, 0.5) is 0 Å². The molecule has 1 aliphatic rings. The molecule has 0 fully saturated rings. The molecule has 2 rings (SSSR count). The van der Waals surface area contributed by atoms with Crippen LogP contribution in [0, 0.1) is 5.92 Å². The summed E-state index contributed by atoms with van der Waals surface area (Å²) in [6, 6.07) is 10.1. The molecule has 0 unspecified atom stereocenters. The summed E-state index contributed by atoms with van der Waals surface area (Å²) in [6.07, 6.45) is 4.57. The highest BCUT2D eigenvalue weighted by Gasteiger charge is 2.19. The van der Waals surface area contributed by atoms with E-state index in [1.54, 1.807) is 0 Å². The maximum absolute atomic E-state index is 9.54. The molecule has 2 atom stereocenters. The molecule has 15 heavy (non-hydrogen) atoms. The van der Waals surface area contributed by atoms with Crippen molar-refractivity contribution in [1.29, 1.82) is 0 Å². The quantitative estimate of drug-likeness (QED) is 0.761. The number of hydrogen-bond acceptors (Lipinski definition) is 2. The van der Waals surface area contributed by atoms with Gasteiger partial charge in [0.2, 0.25) is 0 Å². The molecule has 0 saturated carbocycles. The number of hydrogen-bond donors (Lipinski definition) is 1. The lowest BCUT2D eigenvalue weighted by molar-refractivity contribution is 0.0479. The number of aliphatic hydroxyl groups excluding tert-OH is 1. The molecule has 0 bridgehead atoms. The van der Waals surface area contributed by atoms with E-state index in [-0.39, 0.29) is 12.0 Å². The smallest absolute Gasteiger partial charge is 0.0717 e. The maximum atomic E-state index is 9.54. The first-order valence-corrected chi connectivity index (χ1v) is 5.32. The topological polar surface area (TPSA) is 29.5 Å². The summed E-state index contributed by atoms with van der Waals surface area (Å²) in [6.45, 7) is 1.23. The number of aliphatic hydroxyl groups is 1. The molecule has 0 aliphatic heterocycles. The average molecular weight is 204 g/mol. The van der Waals surface area contributed by atoms with Crippen LogP contribution in [0.25, 0.3) is 0 Å². The SMILES string of the molecule is O[C@@H]1CC=C[C@@H]1COCc1ccccc1. The van der Waals surface area contributed by atoms with Gasteiger partial charge in [0, 0.05) is 5.92 Å². The van der Waals surface area contributed by atoms with E-state index in [2.05, 4.69) is 0 Å². The summed E-state index contributed by atoms with van der Waals surface area (Å²) < 4.78 is 5.56. The maximum Gasteiger partial charge on any atom is 0.0717 e. The lowest BCUT2D eigenvalue weighted by atomic mass is 10.1. The van der Waals surface area contributed by atoms with Gasteiger partial charge in [0.05, 0.1) is 19.3 Å². The summed E-state index contributed by atoms with van der Waals surface area (Å²) in [5.41, 5.74) is 1.17. The van der Waals surface area contributed by atoms with Crippen molar-refractivity contribution >= 4 is 0 Å². The summed E-state index contributed by atoms with van der Waals surface area (Å²) in [5.74, 6) is 0.175. The fraction of sp³-hybridized carbons (Fsp3) is 0.385. The van der Waals surface area contributed by atoms with Crippen molar-refractivity contribution in [2.45, 2.75) is 19.1 Å². The van der Waals surface area contributed by atoms with Crippen LogP contribution in [-0.4, -0.2) is 17.8 Å². The first-order chi connectivity index (χ1) is 7.36. The van der Waals surface area contributed by atoms with Crippen LogP contribution in [-0.2, 0) is 11.3 Å². The lowest BCUT2D eigenvalue weighted by Crippen LogP contribution is -2.18. The Balaban J connectivity index is 1.73. The van der Waals surface area contributed by atoms with E-state index in [1.165, 1.54) is 5.56 Å². The van der Waals surface area contributed by atoms with Crippen LogP contribution >= 0.6 is 0 Å². The third kappa shape index (κ3) is 2.91. The highest BCUT2D eigenvalue weighted by molar-refractivity contribution is 5.13. The van der Waals surface area contributed by atoms with Crippen LogP contribution < -0.4 is 0 Å². The summed E-state index contributed by atoms with van der Waals surface area (Å²) in [4.78, 5) is 0. The van der Waals surface area contributed by atoms with E-state index in [9.17, 15) is 5.11 Å². The molecule has 0 radical (unpaired) electrons. The molecule has 1 aromatic rings. The Bertz CT molecular complexity index is 319. The molecule has 80 valence electrons. The summed E-state index contributed by atoms with van der Waals surface area (Å²) >= 11 is 0. The normalized spacial score (nSPS) is 24.6. The average Bonchev–Trinajstić information content (AvgIpc) is 2.66. The van der Waals surface area contributed by atoms with Crippen LogP contribution in [0.1, 0.15) is 12.0 Å². The molecule has 2 heteroatoms. The first kappa shape index (κ1) is 10.4. The zero-order valence-corrected chi connectivity index (χ0v) is 8.67. The molecule has 1 aromatic carbocycles. The third-order valence-corrected chi connectivity index (χ3v) is 2.68. The van der Waals surface area contributed by atoms with Gasteiger partial charge in [0.25, 0.3) is 0 Å². The predicted molar refractivity (Wildman–Crippen MR) is 59.4 cm³/mol. The Labute approximate surface area is 90.2 Å². The Morgan fingerprint density at radius 1 is 1.27 bits per heavy atom. The van der Waals surface area contributed by atoms with Crippen molar-refractivity contribution in [3.05, 3.63) is 48.0 Å². The third-order valence-electron chi connectivity index (χ3n) is 2.68. The van der Waals surface area contributed by atoms with Crippen molar-refractivity contribution < 1.29 is 9.84 Å². The minimum absolute atomic E-state index is 0.175. The van der Waals surface area contributed by atoms with Gasteiger partial charge in [-0.15, -0.1) is 0 Å². The molecule has 0 aromatic heterocycles. The van der Waals surface area contributed by atoms with Crippen molar-refractivity contribution in [3.8, 4) is 0 Å². The molecule has 1 aliphatic carbocycles. The standard InChI is InChI=1S/C13H16O2/c14-13-8-4-7-12(13)10-15-9-11-5-2-1-3-6-11/h1-7,12-14H,8-10H2/t12-,13-/m1/s1. The van der Waals surface area contributed by atoms with E-state index >= 15 is 0 Å². The van der Waals surface area contributed by atoms with Gasteiger partial charge in [0.1, 0.15) is 0 Å².